The molecular weight excluding hydrogens is 286 g/mol. The van der Waals surface area contributed by atoms with Crippen molar-refractivity contribution in [2.75, 3.05) is 5.32 Å². The zero-order valence-corrected chi connectivity index (χ0v) is 11.1. The number of aryl methyl sites for hydroxylation is 1. The van der Waals surface area contributed by atoms with Crippen LogP contribution in [0.25, 0.3) is 0 Å². The highest BCUT2D eigenvalue weighted by atomic mass is 35.5. The molecule has 1 rings (SSSR count). The van der Waals surface area contributed by atoms with Crippen LogP contribution in [0.15, 0.2) is 12.1 Å². The molecule has 5 N–H and O–H groups in total. The molecule has 0 radical (unpaired) electrons. The molecule has 0 heterocycles. The molecule has 0 aliphatic heterocycles. The molecule has 1 aromatic rings. The molecule has 0 fully saturated rings. The second-order valence-corrected chi connectivity index (χ2v) is 3.91. The lowest BCUT2D eigenvalue weighted by Crippen LogP contribution is -2.38. The van der Waals surface area contributed by atoms with Crippen molar-refractivity contribution in [1.82, 2.24) is 5.32 Å². The van der Waals surface area contributed by atoms with Gasteiger partial charge in [0.05, 0.1) is 15.7 Å². The van der Waals surface area contributed by atoms with Gasteiger partial charge in [0.15, 0.2) is 5.96 Å². The van der Waals surface area contributed by atoms with E-state index < -0.39 is 12.0 Å². The normalized spacial score (nSPS) is 9.12. The number of guanidine groups is 1. The molecule has 0 aliphatic rings. The summed E-state index contributed by atoms with van der Waals surface area (Å²) in [5, 5.41) is 12.0. The number of rotatable bonds is 1. The van der Waals surface area contributed by atoms with Crippen LogP contribution in [0, 0.1) is 12.3 Å². The first-order valence-corrected chi connectivity index (χ1v) is 5.03. The van der Waals surface area contributed by atoms with Gasteiger partial charge < -0.3 is 11.1 Å². The van der Waals surface area contributed by atoms with Gasteiger partial charge in [-0.2, -0.15) is 0 Å². The Morgan fingerprint density at radius 3 is 2.24 bits per heavy atom. The summed E-state index contributed by atoms with van der Waals surface area (Å²) < 4.78 is 0. The SMILES string of the molecule is Cc1cc(Cl)c(NC(=O)NC(=N)N)c(Cl)c1.Cl. The lowest BCUT2D eigenvalue weighted by molar-refractivity contribution is 0.256. The van der Waals surface area contributed by atoms with Crippen molar-refractivity contribution in [2.45, 2.75) is 6.92 Å². The van der Waals surface area contributed by atoms with E-state index in [1.54, 1.807) is 12.1 Å². The summed E-state index contributed by atoms with van der Waals surface area (Å²) >= 11 is 11.8. The molecule has 2 amide bonds. The average molecular weight is 298 g/mol. The summed E-state index contributed by atoms with van der Waals surface area (Å²) in [6, 6.07) is 2.66. The van der Waals surface area contributed by atoms with E-state index in [9.17, 15) is 4.79 Å². The van der Waals surface area contributed by atoms with Crippen LogP contribution in [0.3, 0.4) is 0 Å². The summed E-state index contributed by atoms with van der Waals surface area (Å²) in [6.45, 7) is 1.83. The summed E-state index contributed by atoms with van der Waals surface area (Å²) in [7, 11) is 0. The minimum atomic E-state index is -0.667. The summed E-state index contributed by atoms with van der Waals surface area (Å²) in [5.74, 6) is -0.461. The highest BCUT2D eigenvalue weighted by Crippen LogP contribution is 2.31. The molecule has 5 nitrogen and oxygen atoms in total. The van der Waals surface area contributed by atoms with E-state index in [1.807, 2.05) is 6.92 Å². The second-order valence-electron chi connectivity index (χ2n) is 3.10. The van der Waals surface area contributed by atoms with Crippen LogP contribution in [-0.2, 0) is 0 Å². The number of carbonyl (C=O) groups excluding carboxylic acids is 1. The van der Waals surface area contributed by atoms with E-state index in [4.69, 9.17) is 34.3 Å². The van der Waals surface area contributed by atoms with Gasteiger partial charge in [-0.05, 0) is 24.6 Å². The van der Waals surface area contributed by atoms with Gasteiger partial charge >= 0.3 is 6.03 Å². The molecule has 0 unspecified atom stereocenters. The first-order valence-electron chi connectivity index (χ1n) is 4.28. The topological polar surface area (TPSA) is 91.0 Å². The van der Waals surface area contributed by atoms with Crippen molar-refractivity contribution < 1.29 is 4.79 Å². The van der Waals surface area contributed by atoms with E-state index in [0.29, 0.717) is 10.0 Å². The number of halogens is 3. The summed E-state index contributed by atoms with van der Waals surface area (Å²) in [6.07, 6.45) is 0. The Kier molecular flexibility index (Phi) is 6.09. The van der Waals surface area contributed by atoms with Crippen LogP contribution in [0.1, 0.15) is 5.56 Å². The van der Waals surface area contributed by atoms with Crippen molar-refractivity contribution in [3.8, 4) is 0 Å². The fraction of sp³-hybridized carbons (Fsp3) is 0.111. The zero-order chi connectivity index (χ0) is 12.3. The van der Waals surface area contributed by atoms with Gasteiger partial charge in [-0.25, -0.2) is 4.79 Å². The van der Waals surface area contributed by atoms with E-state index in [2.05, 4.69) is 10.6 Å². The number of hydrogen-bond donors (Lipinski definition) is 4. The van der Waals surface area contributed by atoms with E-state index in [-0.39, 0.29) is 18.1 Å². The Hall–Kier alpha value is -1.17. The van der Waals surface area contributed by atoms with Crippen molar-refractivity contribution in [3.63, 3.8) is 0 Å². The zero-order valence-electron chi connectivity index (χ0n) is 8.80. The van der Waals surface area contributed by atoms with E-state index in [1.165, 1.54) is 0 Å². The predicted molar refractivity (Wildman–Crippen MR) is 72.5 cm³/mol. The van der Waals surface area contributed by atoms with Crippen LogP contribution < -0.4 is 16.4 Å². The van der Waals surface area contributed by atoms with Gasteiger partial charge in [-0.15, -0.1) is 12.4 Å². The Bertz CT molecular complexity index is 427. The molecule has 0 bridgehead atoms. The summed E-state index contributed by atoms with van der Waals surface area (Å²) in [4.78, 5) is 11.3. The van der Waals surface area contributed by atoms with Crippen molar-refractivity contribution in [2.24, 2.45) is 5.73 Å². The van der Waals surface area contributed by atoms with Crippen LogP contribution in [0.5, 0.6) is 0 Å². The molecule has 8 heteroatoms. The number of hydrogen-bond acceptors (Lipinski definition) is 2. The molecule has 94 valence electrons. The number of amides is 2. The number of nitrogens with two attached hydrogens (primary N) is 1. The van der Waals surface area contributed by atoms with Gasteiger partial charge in [0.2, 0.25) is 0 Å². The number of benzene rings is 1. The van der Waals surface area contributed by atoms with Gasteiger partial charge in [0.25, 0.3) is 0 Å². The van der Waals surface area contributed by atoms with Crippen LogP contribution in [-0.4, -0.2) is 12.0 Å². The largest absolute Gasteiger partial charge is 0.370 e. The van der Waals surface area contributed by atoms with Crippen LogP contribution in [0.2, 0.25) is 10.0 Å². The number of carbonyl (C=O) groups is 1. The van der Waals surface area contributed by atoms with E-state index in [0.717, 1.165) is 5.56 Å². The van der Waals surface area contributed by atoms with Gasteiger partial charge in [-0.3, -0.25) is 10.7 Å². The molecule has 0 saturated heterocycles. The molecule has 0 aliphatic carbocycles. The molecule has 0 aromatic heterocycles. The molecule has 0 atom stereocenters. The first-order chi connectivity index (χ1) is 7.40. The lowest BCUT2D eigenvalue weighted by atomic mass is 10.2. The second kappa shape index (κ2) is 6.54. The third-order valence-corrected chi connectivity index (χ3v) is 2.27. The standard InChI is InChI=1S/C9H10Cl2N4O.ClH/c1-4-2-5(10)7(6(11)3-4)14-9(16)15-8(12)13;/h2-3H,1H3,(H5,12,13,14,15,16);1H. The number of urea groups is 1. The molecule has 1 aromatic carbocycles. The van der Waals surface area contributed by atoms with Crippen LogP contribution in [0.4, 0.5) is 10.5 Å². The third-order valence-electron chi connectivity index (χ3n) is 1.67. The smallest absolute Gasteiger partial charge is 0.326 e. The minimum absolute atomic E-state index is 0. The van der Waals surface area contributed by atoms with Crippen molar-refractivity contribution >= 4 is 53.3 Å². The highest BCUT2D eigenvalue weighted by Gasteiger charge is 2.10. The Labute approximate surface area is 115 Å². The monoisotopic (exact) mass is 296 g/mol. The van der Waals surface area contributed by atoms with Crippen LogP contribution >= 0.6 is 35.6 Å². The maximum atomic E-state index is 11.3. The quantitative estimate of drug-likeness (QED) is 0.474. The van der Waals surface area contributed by atoms with Crippen molar-refractivity contribution in [3.05, 3.63) is 27.7 Å². The fourth-order valence-corrected chi connectivity index (χ4v) is 1.78. The molecule has 0 spiro atoms. The average Bonchev–Trinajstić information content (AvgIpc) is 2.09. The van der Waals surface area contributed by atoms with Gasteiger partial charge in [0, 0.05) is 0 Å². The molecular formula is C9H11Cl3N4O. The first kappa shape index (κ1) is 15.8. The predicted octanol–water partition coefficient (Wildman–Crippen LogP) is 2.74. The van der Waals surface area contributed by atoms with Crippen molar-refractivity contribution in [1.29, 1.82) is 5.41 Å². The Morgan fingerprint density at radius 2 is 1.82 bits per heavy atom. The number of nitrogens with one attached hydrogen (secondary N) is 3. The fourth-order valence-electron chi connectivity index (χ4n) is 1.09. The maximum Gasteiger partial charge on any atom is 0.326 e. The molecule has 0 saturated carbocycles. The number of anilines is 1. The Morgan fingerprint density at radius 1 is 1.35 bits per heavy atom. The maximum absolute atomic E-state index is 11.3. The van der Waals surface area contributed by atoms with Gasteiger partial charge in [-0.1, -0.05) is 23.2 Å². The minimum Gasteiger partial charge on any atom is -0.370 e. The Balaban J connectivity index is 0.00000256. The third kappa shape index (κ3) is 4.68. The summed E-state index contributed by atoms with van der Waals surface area (Å²) in [5.41, 5.74) is 6.16. The highest BCUT2D eigenvalue weighted by molar-refractivity contribution is 6.39. The van der Waals surface area contributed by atoms with Gasteiger partial charge in [0.1, 0.15) is 0 Å². The van der Waals surface area contributed by atoms with E-state index >= 15 is 0 Å². The molecule has 17 heavy (non-hydrogen) atoms. The lowest BCUT2D eigenvalue weighted by Gasteiger charge is -2.10.